The Morgan fingerprint density at radius 1 is 1.33 bits per heavy atom. The Kier molecular flexibility index (Phi) is 4.30. The topological polar surface area (TPSA) is 72.2 Å². The molecular formula is C10H11BrN2O2. The van der Waals surface area contributed by atoms with Gasteiger partial charge in [0, 0.05) is 0 Å². The van der Waals surface area contributed by atoms with Gasteiger partial charge in [0.1, 0.15) is 0 Å². The van der Waals surface area contributed by atoms with E-state index in [4.69, 9.17) is 5.73 Å². The van der Waals surface area contributed by atoms with Gasteiger partial charge >= 0.3 is 6.03 Å². The summed E-state index contributed by atoms with van der Waals surface area (Å²) in [6.07, 6.45) is 0.514. The van der Waals surface area contributed by atoms with E-state index in [0.717, 1.165) is 5.56 Å². The van der Waals surface area contributed by atoms with Crippen molar-refractivity contribution in [1.29, 1.82) is 0 Å². The first-order valence-electron chi connectivity index (χ1n) is 4.38. The van der Waals surface area contributed by atoms with Crippen molar-refractivity contribution in [2.45, 2.75) is 11.2 Å². The number of hydrogen-bond acceptors (Lipinski definition) is 2. The van der Waals surface area contributed by atoms with Crippen LogP contribution in [-0.2, 0) is 11.2 Å². The fraction of sp³-hybridized carbons (Fsp3) is 0.200. The molecule has 15 heavy (non-hydrogen) atoms. The van der Waals surface area contributed by atoms with E-state index in [2.05, 4.69) is 15.9 Å². The number of nitrogens with one attached hydrogen (secondary N) is 1. The molecule has 0 saturated carbocycles. The van der Waals surface area contributed by atoms with Gasteiger partial charge in [-0.15, -0.1) is 0 Å². The van der Waals surface area contributed by atoms with E-state index in [1.54, 1.807) is 0 Å². The van der Waals surface area contributed by atoms with E-state index in [0.29, 0.717) is 6.42 Å². The Labute approximate surface area is 96.0 Å². The molecule has 0 saturated heterocycles. The SMILES string of the molecule is NC(=O)NC(=O)C(Br)Cc1ccccc1. The lowest BCUT2D eigenvalue weighted by Gasteiger charge is -2.08. The van der Waals surface area contributed by atoms with Crippen LogP contribution in [0.3, 0.4) is 0 Å². The van der Waals surface area contributed by atoms with Crippen LogP contribution in [0.1, 0.15) is 5.56 Å². The Morgan fingerprint density at radius 2 is 1.93 bits per heavy atom. The molecule has 1 unspecified atom stereocenters. The highest BCUT2D eigenvalue weighted by Gasteiger charge is 2.16. The van der Waals surface area contributed by atoms with Crippen LogP contribution in [0.4, 0.5) is 4.79 Å². The van der Waals surface area contributed by atoms with E-state index >= 15 is 0 Å². The van der Waals surface area contributed by atoms with E-state index in [-0.39, 0.29) is 0 Å². The number of hydrogen-bond donors (Lipinski definition) is 2. The number of amides is 3. The summed E-state index contributed by atoms with van der Waals surface area (Å²) >= 11 is 3.19. The third-order valence-electron chi connectivity index (χ3n) is 1.79. The summed E-state index contributed by atoms with van der Waals surface area (Å²) in [6.45, 7) is 0. The molecular weight excluding hydrogens is 260 g/mol. The second kappa shape index (κ2) is 5.50. The van der Waals surface area contributed by atoms with Crippen molar-refractivity contribution in [3.63, 3.8) is 0 Å². The van der Waals surface area contributed by atoms with Crippen molar-refractivity contribution in [2.75, 3.05) is 0 Å². The normalized spacial score (nSPS) is 11.8. The number of benzene rings is 1. The summed E-state index contributed by atoms with van der Waals surface area (Å²) in [7, 11) is 0. The van der Waals surface area contributed by atoms with Gasteiger partial charge in [-0.1, -0.05) is 46.3 Å². The number of carbonyl (C=O) groups excluding carboxylic acids is 2. The van der Waals surface area contributed by atoms with Crippen molar-refractivity contribution in [1.82, 2.24) is 5.32 Å². The second-order valence-corrected chi connectivity index (χ2v) is 4.12. The Hall–Kier alpha value is -1.36. The van der Waals surface area contributed by atoms with Crippen LogP contribution in [-0.4, -0.2) is 16.8 Å². The molecule has 0 aromatic heterocycles. The predicted molar refractivity (Wildman–Crippen MR) is 60.6 cm³/mol. The maximum Gasteiger partial charge on any atom is 0.318 e. The average molecular weight is 271 g/mol. The highest BCUT2D eigenvalue weighted by Crippen LogP contribution is 2.09. The monoisotopic (exact) mass is 270 g/mol. The minimum absolute atomic E-state index is 0.425. The highest BCUT2D eigenvalue weighted by molar-refractivity contribution is 9.10. The molecule has 3 N–H and O–H groups in total. The van der Waals surface area contributed by atoms with Crippen LogP contribution in [0.25, 0.3) is 0 Å². The van der Waals surface area contributed by atoms with Gasteiger partial charge in [-0.2, -0.15) is 0 Å². The fourth-order valence-corrected chi connectivity index (χ4v) is 1.60. The molecule has 0 radical (unpaired) electrons. The third kappa shape index (κ3) is 4.12. The first-order chi connectivity index (χ1) is 7.09. The average Bonchev–Trinajstić information content (AvgIpc) is 2.18. The molecule has 0 fully saturated rings. The van der Waals surface area contributed by atoms with Crippen molar-refractivity contribution in [3.05, 3.63) is 35.9 Å². The molecule has 1 rings (SSSR count). The largest absolute Gasteiger partial charge is 0.351 e. The number of alkyl halides is 1. The summed E-state index contributed by atoms with van der Waals surface area (Å²) < 4.78 is 0. The first-order valence-corrected chi connectivity index (χ1v) is 5.29. The van der Waals surface area contributed by atoms with Crippen molar-refractivity contribution >= 4 is 27.9 Å². The van der Waals surface area contributed by atoms with Gasteiger partial charge in [0.25, 0.3) is 0 Å². The summed E-state index contributed by atoms with van der Waals surface area (Å²) in [5, 5.41) is 2.02. The molecule has 1 aromatic carbocycles. The zero-order valence-corrected chi connectivity index (χ0v) is 9.53. The van der Waals surface area contributed by atoms with Gasteiger partial charge in [0.15, 0.2) is 0 Å². The third-order valence-corrected chi connectivity index (χ3v) is 2.53. The van der Waals surface area contributed by atoms with E-state index < -0.39 is 16.8 Å². The zero-order valence-electron chi connectivity index (χ0n) is 7.94. The number of halogens is 1. The number of rotatable bonds is 3. The standard InChI is InChI=1S/C10H11BrN2O2/c11-8(9(14)13-10(12)15)6-7-4-2-1-3-5-7/h1-5,8H,6H2,(H3,12,13,14,15). The molecule has 0 heterocycles. The quantitative estimate of drug-likeness (QED) is 0.810. The number of nitrogens with two attached hydrogens (primary N) is 1. The highest BCUT2D eigenvalue weighted by atomic mass is 79.9. The minimum atomic E-state index is -0.836. The van der Waals surface area contributed by atoms with Gasteiger partial charge in [-0.3, -0.25) is 10.1 Å². The van der Waals surface area contributed by atoms with Crippen LogP contribution >= 0.6 is 15.9 Å². The lowest BCUT2D eigenvalue weighted by Crippen LogP contribution is -2.40. The lowest BCUT2D eigenvalue weighted by atomic mass is 10.1. The molecule has 0 aliphatic carbocycles. The predicted octanol–water partition coefficient (Wildman–Crippen LogP) is 1.19. The molecule has 1 atom stereocenters. The van der Waals surface area contributed by atoms with Crippen LogP contribution in [0, 0.1) is 0 Å². The molecule has 80 valence electrons. The summed E-state index contributed by atoms with van der Waals surface area (Å²) in [5.41, 5.74) is 5.85. The summed E-state index contributed by atoms with van der Waals surface area (Å²) in [4.78, 5) is 21.3. The lowest BCUT2D eigenvalue weighted by molar-refractivity contribution is -0.119. The Bertz CT molecular complexity index is 354. The zero-order chi connectivity index (χ0) is 11.3. The molecule has 0 aliphatic rings. The molecule has 5 heteroatoms. The van der Waals surface area contributed by atoms with E-state index in [1.807, 2.05) is 35.6 Å². The summed E-state index contributed by atoms with van der Waals surface area (Å²) in [6, 6.07) is 8.66. The molecule has 0 aliphatic heterocycles. The number of carbonyl (C=O) groups is 2. The van der Waals surface area contributed by atoms with Gasteiger partial charge in [-0.05, 0) is 12.0 Å². The van der Waals surface area contributed by atoms with Crippen LogP contribution in [0.5, 0.6) is 0 Å². The van der Waals surface area contributed by atoms with E-state index in [9.17, 15) is 9.59 Å². The van der Waals surface area contributed by atoms with Crippen LogP contribution in [0.15, 0.2) is 30.3 Å². The second-order valence-electron chi connectivity index (χ2n) is 3.01. The first kappa shape index (κ1) is 11.7. The number of imide groups is 1. The Morgan fingerprint density at radius 3 is 2.47 bits per heavy atom. The smallest absolute Gasteiger partial charge is 0.318 e. The van der Waals surface area contributed by atoms with Gasteiger partial charge < -0.3 is 5.73 Å². The van der Waals surface area contributed by atoms with Gasteiger partial charge in [-0.25, -0.2) is 4.79 Å². The molecule has 3 amide bonds. The van der Waals surface area contributed by atoms with Gasteiger partial charge in [0.05, 0.1) is 4.83 Å². The van der Waals surface area contributed by atoms with Crippen molar-refractivity contribution in [2.24, 2.45) is 5.73 Å². The fourth-order valence-electron chi connectivity index (χ4n) is 1.11. The summed E-state index contributed by atoms with van der Waals surface area (Å²) in [5.74, 6) is -0.425. The minimum Gasteiger partial charge on any atom is -0.351 e. The maximum absolute atomic E-state index is 11.3. The van der Waals surface area contributed by atoms with Crippen LogP contribution < -0.4 is 11.1 Å². The maximum atomic E-state index is 11.3. The van der Waals surface area contributed by atoms with E-state index in [1.165, 1.54) is 0 Å². The number of urea groups is 1. The van der Waals surface area contributed by atoms with Gasteiger partial charge in [0.2, 0.25) is 5.91 Å². The molecule has 1 aromatic rings. The molecule has 4 nitrogen and oxygen atoms in total. The molecule has 0 spiro atoms. The van der Waals surface area contributed by atoms with Crippen LogP contribution in [0.2, 0.25) is 0 Å². The Balaban J connectivity index is 2.52. The van der Waals surface area contributed by atoms with Crippen molar-refractivity contribution < 1.29 is 9.59 Å². The molecule has 0 bridgehead atoms. The number of primary amides is 1. The van der Waals surface area contributed by atoms with Crippen molar-refractivity contribution in [3.8, 4) is 0 Å².